The summed E-state index contributed by atoms with van der Waals surface area (Å²) in [6.45, 7) is 2.81. The fraction of sp³-hybridized carbons (Fsp3) is 0.421. The van der Waals surface area contributed by atoms with Crippen LogP contribution in [0.1, 0.15) is 59.2 Å². The standard InChI is InChI=1S/C38H44Br2N6O5/c39-30-21-26(22-31(40)34(30)41)23-33(35(47)44-16-11-25(12-17-44)6-5-24-7-9-28(10-8-24)36(48)49)43-37(50)45-18-14-29(15-19-45)46-20-13-27-3-1-2-4-32(27)42-38(46)51/h1-4,7-10,21-22,25,29,33H,5-6,11-20,23,41H2,(H,42,51)(H,43,50)(H,48,49)/t33-/m0/s1. The van der Waals surface area contributed by atoms with Crippen LogP contribution in [0.3, 0.4) is 0 Å². The Morgan fingerprint density at radius 1 is 0.882 bits per heavy atom. The molecule has 0 saturated carbocycles. The molecule has 3 heterocycles. The molecule has 0 bridgehead atoms. The van der Waals surface area contributed by atoms with Gasteiger partial charge in [-0.05, 0) is 130 Å². The van der Waals surface area contributed by atoms with Gasteiger partial charge in [0.25, 0.3) is 0 Å². The molecule has 51 heavy (non-hydrogen) atoms. The topological polar surface area (TPSA) is 148 Å². The number of nitrogens with one attached hydrogen (secondary N) is 2. The average molecular weight is 825 g/mol. The molecule has 2 saturated heterocycles. The van der Waals surface area contributed by atoms with Crippen molar-refractivity contribution in [2.24, 2.45) is 5.92 Å². The van der Waals surface area contributed by atoms with Crippen molar-refractivity contribution in [3.05, 3.63) is 91.9 Å². The Labute approximate surface area is 315 Å². The van der Waals surface area contributed by atoms with Gasteiger partial charge in [-0.2, -0.15) is 0 Å². The van der Waals surface area contributed by atoms with Crippen LogP contribution in [0.25, 0.3) is 0 Å². The normalized spacial score (nSPS) is 17.7. The number of fused-ring (bicyclic) bond motifs is 1. The number of amides is 5. The molecular weight excluding hydrogens is 780 g/mol. The number of nitrogen functional groups attached to an aromatic ring is 1. The van der Waals surface area contributed by atoms with Crippen molar-refractivity contribution in [3.8, 4) is 0 Å². The smallest absolute Gasteiger partial charge is 0.335 e. The summed E-state index contributed by atoms with van der Waals surface area (Å²) in [5.74, 6) is -0.585. The molecule has 0 spiro atoms. The average Bonchev–Trinajstić information content (AvgIpc) is 3.30. The number of nitrogens with two attached hydrogens (primary N) is 1. The zero-order valence-corrected chi connectivity index (χ0v) is 31.6. The highest BCUT2D eigenvalue weighted by molar-refractivity contribution is 9.11. The minimum atomic E-state index is -0.931. The van der Waals surface area contributed by atoms with Crippen LogP contribution in [-0.4, -0.2) is 88.6 Å². The minimum absolute atomic E-state index is 0.0238. The van der Waals surface area contributed by atoms with Gasteiger partial charge in [0.05, 0.1) is 11.3 Å². The van der Waals surface area contributed by atoms with Crippen LogP contribution in [0.4, 0.5) is 21.0 Å². The number of rotatable bonds is 9. The van der Waals surface area contributed by atoms with Crippen LogP contribution in [0.5, 0.6) is 0 Å². The van der Waals surface area contributed by atoms with Gasteiger partial charge < -0.3 is 36.2 Å². The van der Waals surface area contributed by atoms with Crippen LogP contribution in [0.2, 0.25) is 0 Å². The third kappa shape index (κ3) is 9.04. The van der Waals surface area contributed by atoms with Gasteiger partial charge in [0.1, 0.15) is 6.04 Å². The molecule has 3 aliphatic rings. The number of benzene rings is 3. The molecule has 6 rings (SSSR count). The van der Waals surface area contributed by atoms with Crippen molar-refractivity contribution in [1.82, 2.24) is 20.0 Å². The summed E-state index contributed by atoms with van der Waals surface area (Å²) in [7, 11) is 0. The van der Waals surface area contributed by atoms with E-state index in [1.165, 1.54) is 0 Å². The second-order valence-corrected chi connectivity index (χ2v) is 15.4. The maximum Gasteiger partial charge on any atom is 0.335 e. The third-order valence-electron chi connectivity index (χ3n) is 10.5. The van der Waals surface area contributed by atoms with Crippen LogP contribution < -0.4 is 16.4 Å². The van der Waals surface area contributed by atoms with Gasteiger partial charge in [-0.1, -0.05) is 30.3 Å². The number of aryl methyl sites for hydroxylation is 1. The zero-order valence-electron chi connectivity index (χ0n) is 28.5. The molecule has 3 aromatic rings. The number of carboxylic acids is 1. The minimum Gasteiger partial charge on any atom is -0.478 e. The quantitative estimate of drug-likeness (QED) is 0.180. The number of carbonyl (C=O) groups excluding carboxylic acids is 3. The maximum absolute atomic E-state index is 14.1. The Morgan fingerprint density at radius 2 is 1.53 bits per heavy atom. The Bertz CT molecular complexity index is 1730. The number of nitrogens with zero attached hydrogens (tertiary/aromatic N) is 3. The zero-order chi connectivity index (χ0) is 36.1. The van der Waals surface area contributed by atoms with Crippen LogP contribution in [0, 0.1) is 5.92 Å². The Morgan fingerprint density at radius 3 is 2.20 bits per heavy atom. The van der Waals surface area contributed by atoms with Crippen LogP contribution in [0.15, 0.2) is 69.6 Å². The van der Waals surface area contributed by atoms with E-state index in [0.29, 0.717) is 72.5 Å². The van der Waals surface area contributed by atoms with Crippen molar-refractivity contribution in [2.45, 2.75) is 63.5 Å². The maximum atomic E-state index is 14.1. The summed E-state index contributed by atoms with van der Waals surface area (Å²) < 4.78 is 1.43. The lowest BCUT2D eigenvalue weighted by molar-refractivity contribution is -0.134. The summed E-state index contributed by atoms with van der Waals surface area (Å²) in [6.07, 6.45) is 5.93. The highest BCUT2D eigenvalue weighted by Crippen LogP contribution is 2.31. The van der Waals surface area contributed by atoms with Gasteiger partial charge in [-0.15, -0.1) is 0 Å². The van der Waals surface area contributed by atoms with E-state index in [1.54, 1.807) is 17.0 Å². The molecular formula is C38H44Br2N6O5. The molecule has 2 fully saturated rings. The predicted octanol–water partition coefficient (Wildman–Crippen LogP) is 6.54. The second-order valence-electron chi connectivity index (χ2n) is 13.7. The Hall–Kier alpha value is -4.10. The van der Waals surface area contributed by atoms with Gasteiger partial charge in [0.15, 0.2) is 0 Å². The number of piperidine rings is 2. The molecule has 5 amide bonds. The first-order valence-corrected chi connectivity index (χ1v) is 19.2. The van der Waals surface area contributed by atoms with Crippen molar-refractivity contribution >= 4 is 67.2 Å². The summed E-state index contributed by atoms with van der Waals surface area (Å²) in [5, 5.41) is 15.3. The van der Waals surface area contributed by atoms with Crippen LogP contribution in [-0.2, 0) is 24.1 Å². The number of halogens is 2. The second kappa shape index (κ2) is 16.5. The molecule has 1 atom stereocenters. The number of hydrogen-bond acceptors (Lipinski definition) is 5. The van der Waals surface area contributed by atoms with E-state index in [9.17, 15) is 19.2 Å². The first-order valence-electron chi connectivity index (χ1n) is 17.6. The molecule has 0 aromatic heterocycles. The molecule has 3 aromatic carbocycles. The lowest BCUT2D eigenvalue weighted by Crippen LogP contribution is -2.56. The summed E-state index contributed by atoms with van der Waals surface area (Å²) in [4.78, 5) is 57.6. The lowest BCUT2D eigenvalue weighted by Gasteiger charge is -2.39. The number of hydrogen-bond donors (Lipinski definition) is 4. The van der Waals surface area contributed by atoms with E-state index in [2.05, 4.69) is 42.5 Å². The van der Waals surface area contributed by atoms with Gasteiger partial charge in [0, 0.05) is 59.8 Å². The summed E-state index contributed by atoms with van der Waals surface area (Å²) in [5.41, 5.74) is 10.9. The first kappa shape index (κ1) is 36.7. The molecule has 11 nitrogen and oxygen atoms in total. The van der Waals surface area contributed by atoms with E-state index in [1.807, 2.05) is 58.3 Å². The highest BCUT2D eigenvalue weighted by atomic mass is 79.9. The van der Waals surface area contributed by atoms with Gasteiger partial charge in [-0.25, -0.2) is 14.4 Å². The SMILES string of the molecule is Nc1c(Br)cc(C[C@H](NC(=O)N2CCC(N3CCc4ccccc4NC3=O)CC2)C(=O)N2CCC(CCc3ccc(C(=O)O)cc3)CC2)cc1Br. The number of likely N-dealkylation sites (tertiary alicyclic amines) is 2. The fourth-order valence-corrected chi connectivity index (χ4v) is 8.68. The molecule has 5 N–H and O–H groups in total. The Kier molecular flexibility index (Phi) is 11.9. The molecule has 270 valence electrons. The number of aromatic carboxylic acids is 1. The number of urea groups is 2. The van der Waals surface area contributed by atoms with Crippen molar-refractivity contribution in [1.29, 1.82) is 0 Å². The molecule has 13 heteroatoms. The number of carbonyl (C=O) groups is 4. The van der Waals surface area contributed by atoms with Crippen LogP contribution >= 0.6 is 31.9 Å². The fourth-order valence-electron chi connectivity index (χ4n) is 7.40. The summed E-state index contributed by atoms with van der Waals surface area (Å²) >= 11 is 7.03. The van der Waals surface area contributed by atoms with Crippen molar-refractivity contribution < 1.29 is 24.3 Å². The third-order valence-corrected chi connectivity index (χ3v) is 11.8. The van der Waals surface area contributed by atoms with Gasteiger partial charge >= 0.3 is 18.0 Å². The molecule has 0 unspecified atom stereocenters. The van der Waals surface area contributed by atoms with Gasteiger partial charge in [-0.3, -0.25) is 4.79 Å². The number of carboxylic acid groups (broad SMARTS) is 1. The van der Waals surface area contributed by atoms with E-state index >= 15 is 0 Å². The predicted molar refractivity (Wildman–Crippen MR) is 204 cm³/mol. The Balaban J connectivity index is 1.06. The van der Waals surface area contributed by atoms with Crippen molar-refractivity contribution in [3.63, 3.8) is 0 Å². The van der Waals surface area contributed by atoms with Crippen molar-refractivity contribution in [2.75, 3.05) is 43.8 Å². The largest absolute Gasteiger partial charge is 0.478 e. The highest BCUT2D eigenvalue weighted by Gasteiger charge is 2.34. The van der Waals surface area contributed by atoms with Gasteiger partial charge in [0.2, 0.25) is 5.91 Å². The van der Waals surface area contributed by atoms with E-state index in [-0.39, 0.29) is 29.6 Å². The number of anilines is 2. The molecule has 3 aliphatic heterocycles. The molecule has 0 aliphatic carbocycles. The van der Waals surface area contributed by atoms with E-state index in [4.69, 9.17) is 10.8 Å². The number of para-hydroxylation sites is 1. The lowest BCUT2D eigenvalue weighted by atomic mass is 9.90. The first-order chi connectivity index (χ1) is 24.5. The summed E-state index contributed by atoms with van der Waals surface area (Å²) in [6, 6.07) is 17.5. The van der Waals surface area contributed by atoms with E-state index in [0.717, 1.165) is 54.5 Å². The van der Waals surface area contributed by atoms with E-state index < -0.39 is 12.0 Å². The molecule has 0 radical (unpaired) electrons. The monoisotopic (exact) mass is 822 g/mol.